The minimum absolute atomic E-state index is 0.0240. The van der Waals surface area contributed by atoms with Crippen LogP contribution in [0.25, 0.3) is 11.0 Å². The molecule has 0 aliphatic rings. The fourth-order valence-electron chi connectivity index (χ4n) is 2.41. The first-order chi connectivity index (χ1) is 9.90. The molecule has 0 radical (unpaired) electrons. The van der Waals surface area contributed by atoms with E-state index in [9.17, 15) is 9.59 Å². The lowest BCUT2D eigenvalue weighted by atomic mass is 10.1. The molecule has 0 unspecified atom stereocenters. The summed E-state index contributed by atoms with van der Waals surface area (Å²) in [5.74, 6) is 0.608. The van der Waals surface area contributed by atoms with Crippen molar-refractivity contribution in [1.29, 1.82) is 0 Å². The Morgan fingerprint density at radius 1 is 1.19 bits per heavy atom. The van der Waals surface area contributed by atoms with Gasteiger partial charge in [-0.25, -0.2) is 4.79 Å². The molecule has 0 atom stereocenters. The zero-order valence-corrected chi connectivity index (χ0v) is 13.1. The summed E-state index contributed by atoms with van der Waals surface area (Å²) in [5, 5.41) is 2.93. The first kappa shape index (κ1) is 15.4. The van der Waals surface area contributed by atoms with Crippen LogP contribution in [0.5, 0.6) is 0 Å². The fourth-order valence-corrected chi connectivity index (χ4v) is 2.41. The maximum Gasteiger partial charge on any atom is 0.328 e. The number of benzene rings is 1. The molecule has 2 aromatic rings. The average Bonchev–Trinajstić information content (AvgIpc) is 2.63. The number of aryl methyl sites for hydroxylation is 2. The minimum atomic E-state index is -0.0523. The van der Waals surface area contributed by atoms with E-state index >= 15 is 0 Å². The zero-order valence-electron chi connectivity index (χ0n) is 13.1. The van der Waals surface area contributed by atoms with Crippen LogP contribution in [0.4, 0.5) is 0 Å². The smallest absolute Gasteiger partial charge is 0.328 e. The summed E-state index contributed by atoms with van der Waals surface area (Å²) >= 11 is 0. The highest BCUT2D eigenvalue weighted by molar-refractivity contribution is 5.82. The third-order valence-electron chi connectivity index (χ3n) is 3.74. The molecule has 1 aromatic carbocycles. The summed E-state index contributed by atoms with van der Waals surface area (Å²) < 4.78 is 3.22. The molecule has 0 saturated carbocycles. The van der Waals surface area contributed by atoms with Crippen LogP contribution in [-0.4, -0.2) is 21.6 Å². The second-order valence-corrected chi connectivity index (χ2v) is 5.93. The minimum Gasteiger partial charge on any atom is -0.356 e. The van der Waals surface area contributed by atoms with Gasteiger partial charge in [-0.2, -0.15) is 0 Å². The van der Waals surface area contributed by atoms with Crippen molar-refractivity contribution < 1.29 is 4.79 Å². The number of carbonyl (C=O) groups is 1. The lowest BCUT2D eigenvalue weighted by Gasteiger charge is -2.07. The number of nitrogens with one attached hydrogen (secondary N) is 1. The molecule has 0 aliphatic heterocycles. The Labute approximate surface area is 124 Å². The molecule has 114 valence electrons. The van der Waals surface area contributed by atoms with E-state index in [2.05, 4.69) is 19.2 Å². The lowest BCUT2D eigenvalue weighted by Crippen LogP contribution is -2.26. The molecule has 1 amide bonds. The largest absolute Gasteiger partial charge is 0.356 e. The standard InChI is InChI=1S/C16H23N3O2/c1-11(2)7-8-17-15(20)10-12-5-6-13-14(9-12)19(4)16(21)18(13)3/h5-6,9,11H,7-8,10H2,1-4H3,(H,17,20). The third-order valence-corrected chi connectivity index (χ3v) is 3.74. The van der Waals surface area contributed by atoms with Crippen LogP contribution >= 0.6 is 0 Å². The molecule has 0 fully saturated rings. The van der Waals surface area contributed by atoms with Gasteiger partial charge in [0.05, 0.1) is 17.5 Å². The van der Waals surface area contributed by atoms with Crippen molar-refractivity contribution in [3.8, 4) is 0 Å². The molecular formula is C16H23N3O2. The van der Waals surface area contributed by atoms with Crippen molar-refractivity contribution >= 4 is 16.9 Å². The van der Waals surface area contributed by atoms with Gasteiger partial charge in [-0.3, -0.25) is 13.9 Å². The van der Waals surface area contributed by atoms with Gasteiger partial charge in [-0.1, -0.05) is 19.9 Å². The second-order valence-electron chi connectivity index (χ2n) is 5.93. The average molecular weight is 289 g/mol. The van der Waals surface area contributed by atoms with Crippen molar-refractivity contribution in [2.24, 2.45) is 20.0 Å². The van der Waals surface area contributed by atoms with Crippen LogP contribution in [0.2, 0.25) is 0 Å². The topological polar surface area (TPSA) is 56.0 Å². The lowest BCUT2D eigenvalue weighted by molar-refractivity contribution is -0.120. The van der Waals surface area contributed by atoms with Gasteiger partial charge >= 0.3 is 5.69 Å². The van der Waals surface area contributed by atoms with Crippen LogP contribution in [0, 0.1) is 5.92 Å². The van der Waals surface area contributed by atoms with E-state index in [-0.39, 0.29) is 11.6 Å². The van der Waals surface area contributed by atoms with Gasteiger partial charge in [0.15, 0.2) is 0 Å². The van der Waals surface area contributed by atoms with Crippen molar-refractivity contribution in [3.05, 3.63) is 34.2 Å². The van der Waals surface area contributed by atoms with Crippen LogP contribution < -0.4 is 11.0 Å². The molecule has 0 saturated heterocycles. The summed E-state index contributed by atoms with van der Waals surface area (Å²) in [5.41, 5.74) is 2.61. The molecule has 0 bridgehead atoms. The monoisotopic (exact) mass is 289 g/mol. The molecule has 1 aromatic heterocycles. The van der Waals surface area contributed by atoms with Crippen LogP contribution in [0.3, 0.4) is 0 Å². The molecule has 0 aliphatic carbocycles. The normalized spacial score (nSPS) is 11.3. The number of hydrogen-bond donors (Lipinski definition) is 1. The number of carbonyl (C=O) groups excluding carboxylic acids is 1. The fraction of sp³-hybridized carbons (Fsp3) is 0.500. The van der Waals surface area contributed by atoms with Gasteiger partial charge < -0.3 is 5.32 Å². The second kappa shape index (κ2) is 6.16. The van der Waals surface area contributed by atoms with Crippen molar-refractivity contribution in [2.45, 2.75) is 26.7 Å². The quantitative estimate of drug-likeness (QED) is 0.908. The SMILES string of the molecule is CC(C)CCNC(=O)Cc1ccc2c(c1)n(C)c(=O)n2C. The van der Waals surface area contributed by atoms with E-state index in [0.29, 0.717) is 18.9 Å². The molecule has 5 nitrogen and oxygen atoms in total. The van der Waals surface area contributed by atoms with E-state index in [1.54, 1.807) is 23.2 Å². The van der Waals surface area contributed by atoms with Gasteiger partial charge in [0.1, 0.15) is 0 Å². The Bertz CT molecular complexity index is 710. The predicted molar refractivity (Wildman–Crippen MR) is 84.3 cm³/mol. The maximum atomic E-state index is 11.9. The maximum absolute atomic E-state index is 11.9. The molecule has 2 rings (SSSR count). The van der Waals surface area contributed by atoms with E-state index in [1.807, 2.05) is 18.2 Å². The first-order valence-electron chi connectivity index (χ1n) is 7.31. The highest BCUT2D eigenvalue weighted by Gasteiger charge is 2.10. The van der Waals surface area contributed by atoms with E-state index in [4.69, 9.17) is 0 Å². The van der Waals surface area contributed by atoms with E-state index in [0.717, 1.165) is 23.0 Å². The van der Waals surface area contributed by atoms with Gasteiger partial charge in [0.25, 0.3) is 0 Å². The highest BCUT2D eigenvalue weighted by Crippen LogP contribution is 2.14. The van der Waals surface area contributed by atoms with E-state index in [1.165, 1.54) is 0 Å². The highest BCUT2D eigenvalue weighted by atomic mass is 16.2. The van der Waals surface area contributed by atoms with Gasteiger partial charge in [0, 0.05) is 20.6 Å². The Morgan fingerprint density at radius 3 is 2.52 bits per heavy atom. The summed E-state index contributed by atoms with van der Waals surface area (Å²) in [4.78, 5) is 23.8. The van der Waals surface area contributed by atoms with Crippen LogP contribution in [0.15, 0.2) is 23.0 Å². The number of imidazole rings is 1. The number of amides is 1. The zero-order chi connectivity index (χ0) is 15.6. The number of aromatic nitrogens is 2. The predicted octanol–water partition coefficient (Wildman–Crippen LogP) is 1.58. The molecule has 1 N–H and O–H groups in total. The number of fused-ring (bicyclic) bond motifs is 1. The molecule has 21 heavy (non-hydrogen) atoms. The number of nitrogens with zero attached hydrogens (tertiary/aromatic N) is 2. The Hall–Kier alpha value is -2.04. The van der Waals surface area contributed by atoms with Gasteiger partial charge in [-0.05, 0) is 30.0 Å². The van der Waals surface area contributed by atoms with Gasteiger partial charge in [0.2, 0.25) is 5.91 Å². The molecule has 5 heteroatoms. The van der Waals surface area contributed by atoms with Crippen LogP contribution in [-0.2, 0) is 25.3 Å². The third kappa shape index (κ3) is 3.35. The summed E-state index contributed by atoms with van der Waals surface area (Å²) in [6.07, 6.45) is 1.33. The summed E-state index contributed by atoms with van der Waals surface area (Å²) in [6, 6.07) is 5.72. The first-order valence-corrected chi connectivity index (χ1v) is 7.31. The van der Waals surface area contributed by atoms with Gasteiger partial charge in [-0.15, -0.1) is 0 Å². The van der Waals surface area contributed by atoms with Crippen molar-refractivity contribution in [2.75, 3.05) is 6.54 Å². The van der Waals surface area contributed by atoms with Crippen molar-refractivity contribution in [1.82, 2.24) is 14.5 Å². The van der Waals surface area contributed by atoms with Crippen LogP contribution in [0.1, 0.15) is 25.8 Å². The summed E-state index contributed by atoms with van der Waals surface area (Å²) in [7, 11) is 3.50. The Balaban J connectivity index is 2.11. The number of rotatable bonds is 5. The van der Waals surface area contributed by atoms with Crippen molar-refractivity contribution in [3.63, 3.8) is 0 Å². The Morgan fingerprint density at radius 2 is 1.86 bits per heavy atom. The molecular weight excluding hydrogens is 266 g/mol. The molecule has 1 heterocycles. The number of hydrogen-bond acceptors (Lipinski definition) is 2. The Kier molecular flexibility index (Phi) is 4.50. The molecule has 0 spiro atoms. The summed E-state index contributed by atoms with van der Waals surface area (Å²) in [6.45, 7) is 4.98. The van der Waals surface area contributed by atoms with E-state index < -0.39 is 0 Å².